The van der Waals surface area contributed by atoms with E-state index in [2.05, 4.69) is 9.97 Å². The molecule has 0 amide bonds. The van der Waals surface area contributed by atoms with Crippen LogP contribution in [0.1, 0.15) is 18.5 Å². The highest BCUT2D eigenvalue weighted by Crippen LogP contribution is 2.40. The summed E-state index contributed by atoms with van der Waals surface area (Å²) in [5, 5.41) is -0.402. The van der Waals surface area contributed by atoms with Crippen LogP contribution in [-0.2, 0) is 10.0 Å². The van der Waals surface area contributed by atoms with Crippen LogP contribution in [0.25, 0.3) is 0 Å². The predicted octanol–water partition coefficient (Wildman–Crippen LogP) is 3.45. The minimum absolute atomic E-state index is 0.128. The lowest BCUT2D eigenvalue weighted by atomic mass is 10.1. The van der Waals surface area contributed by atoms with Crippen molar-refractivity contribution in [3.8, 4) is 5.88 Å². The number of methoxy groups -OCH3 is 1. The van der Waals surface area contributed by atoms with Crippen LogP contribution in [0.4, 0.5) is 13.2 Å². The van der Waals surface area contributed by atoms with E-state index in [0.29, 0.717) is 4.31 Å². The summed E-state index contributed by atoms with van der Waals surface area (Å²) in [4.78, 5) is 7.35. The van der Waals surface area contributed by atoms with Crippen molar-refractivity contribution in [1.82, 2.24) is 14.3 Å². The van der Waals surface area contributed by atoms with Crippen molar-refractivity contribution < 1.29 is 26.3 Å². The summed E-state index contributed by atoms with van der Waals surface area (Å²) in [5.41, 5.74) is -0.261. The molecule has 1 aromatic carbocycles. The molecule has 6 nitrogen and oxygen atoms in total. The minimum Gasteiger partial charge on any atom is -0.480 e. The molecule has 0 saturated heterocycles. The van der Waals surface area contributed by atoms with Gasteiger partial charge in [-0.25, -0.2) is 8.42 Å². The van der Waals surface area contributed by atoms with E-state index < -0.39 is 33.8 Å². The van der Waals surface area contributed by atoms with Gasteiger partial charge in [0.2, 0.25) is 5.88 Å². The number of rotatable bonds is 6. The average Bonchev–Trinajstić information content (AvgIpc) is 2.59. The first-order chi connectivity index (χ1) is 12.1. The SMILES string of the molecule is CCN(C(c1ccc(Cl)cc1)C(F)(F)F)S(=O)(=O)c1cncc(OC)n1. The van der Waals surface area contributed by atoms with Gasteiger partial charge >= 0.3 is 6.18 Å². The molecule has 1 unspecified atom stereocenters. The van der Waals surface area contributed by atoms with Crippen molar-refractivity contribution in [2.75, 3.05) is 13.7 Å². The Morgan fingerprint density at radius 2 is 1.85 bits per heavy atom. The maximum atomic E-state index is 13.7. The van der Waals surface area contributed by atoms with Crippen molar-refractivity contribution in [2.24, 2.45) is 0 Å². The summed E-state index contributed by atoms with van der Waals surface area (Å²) in [5.74, 6) is -0.128. The Morgan fingerprint density at radius 1 is 1.23 bits per heavy atom. The fraction of sp³-hybridized carbons (Fsp3) is 0.333. The van der Waals surface area contributed by atoms with Crippen LogP contribution in [0, 0.1) is 0 Å². The van der Waals surface area contributed by atoms with Crippen LogP contribution >= 0.6 is 11.6 Å². The van der Waals surface area contributed by atoms with Crippen LogP contribution < -0.4 is 4.74 Å². The fourth-order valence-corrected chi connectivity index (χ4v) is 3.95. The Morgan fingerprint density at radius 3 is 2.35 bits per heavy atom. The summed E-state index contributed by atoms with van der Waals surface area (Å²) in [6, 6.07) is 2.40. The van der Waals surface area contributed by atoms with Crippen molar-refractivity contribution in [2.45, 2.75) is 24.2 Å². The molecular weight excluding hydrogens is 395 g/mol. The number of alkyl halides is 3. The van der Waals surface area contributed by atoms with E-state index in [0.717, 1.165) is 24.5 Å². The molecule has 0 fully saturated rings. The van der Waals surface area contributed by atoms with Gasteiger partial charge in [0.1, 0.15) is 6.04 Å². The molecule has 1 aromatic heterocycles. The number of aromatic nitrogens is 2. The molecule has 2 aromatic rings. The number of benzene rings is 1. The molecule has 1 atom stereocenters. The van der Waals surface area contributed by atoms with E-state index in [1.807, 2.05) is 0 Å². The van der Waals surface area contributed by atoms with E-state index in [1.165, 1.54) is 26.2 Å². The quantitative estimate of drug-likeness (QED) is 0.730. The topological polar surface area (TPSA) is 72.4 Å². The third-order valence-corrected chi connectivity index (χ3v) is 5.53. The summed E-state index contributed by atoms with van der Waals surface area (Å²) in [7, 11) is -3.36. The predicted molar refractivity (Wildman–Crippen MR) is 88.4 cm³/mol. The van der Waals surface area contributed by atoms with Crippen LogP contribution in [0.2, 0.25) is 5.02 Å². The third kappa shape index (κ3) is 4.25. The lowest BCUT2D eigenvalue weighted by Gasteiger charge is -2.31. The molecule has 1 heterocycles. The molecule has 0 aliphatic rings. The monoisotopic (exact) mass is 409 g/mol. The van der Waals surface area contributed by atoms with Crippen LogP contribution in [-0.4, -0.2) is 42.5 Å². The van der Waals surface area contributed by atoms with Crippen molar-refractivity contribution in [3.63, 3.8) is 0 Å². The molecule has 26 heavy (non-hydrogen) atoms. The highest BCUT2D eigenvalue weighted by Gasteiger charge is 2.49. The second-order valence-corrected chi connectivity index (χ2v) is 7.38. The largest absolute Gasteiger partial charge is 0.480 e. The average molecular weight is 410 g/mol. The van der Waals surface area contributed by atoms with E-state index >= 15 is 0 Å². The normalized spacial score (nSPS) is 13.7. The molecule has 142 valence electrons. The standard InChI is InChI=1S/C15H15ClF3N3O3S/c1-3-22(26(23,24)13-9-20-8-12(21-13)25-2)14(15(17,18)19)10-4-6-11(16)7-5-10/h4-9,14H,3H2,1-2H3. The van der Waals surface area contributed by atoms with Gasteiger partial charge in [0.15, 0.2) is 5.03 Å². The fourth-order valence-electron chi connectivity index (χ4n) is 2.33. The summed E-state index contributed by atoms with van der Waals surface area (Å²) < 4.78 is 71.9. The molecule has 0 aliphatic carbocycles. The molecule has 2 rings (SSSR count). The van der Waals surface area contributed by atoms with Crippen LogP contribution in [0.5, 0.6) is 5.88 Å². The van der Waals surface area contributed by atoms with Gasteiger partial charge in [-0.3, -0.25) is 4.98 Å². The smallest absolute Gasteiger partial charge is 0.409 e. The maximum Gasteiger partial charge on any atom is 0.409 e. The van der Waals surface area contributed by atoms with Crippen LogP contribution in [0.3, 0.4) is 0 Å². The van der Waals surface area contributed by atoms with Crippen molar-refractivity contribution in [1.29, 1.82) is 0 Å². The second-order valence-electron chi connectivity index (χ2n) is 5.10. The van der Waals surface area contributed by atoms with Gasteiger partial charge in [0.05, 0.1) is 19.5 Å². The Labute approximate surface area is 153 Å². The van der Waals surface area contributed by atoms with Gasteiger partial charge in [-0.1, -0.05) is 30.7 Å². The van der Waals surface area contributed by atoms with E-state index in [4.69, 9.17) is 16.3 Å². The maximum absolute atomic E-state index is 13.7. The van der Waals surface area contributed by atoms with Crippen molar-refractivity contribution >= 4 is 21.6 Å². The first-order valence-electron chi connectivity index (χ1n) is 7.31. The van der Waals surface area contributed by atoms with E-state index in [1.54, 1.807) is 0 Å². The zero-order valence-corrected chi connectivity index (χ0v) is 15.3. The third-order valence-electron chi connectivity index (χ3n) is 3.47. The summed E-state index contributed by atoms with van der Waals surface area (Å²) >= 11 is 5.72. The Bertz CT molecular complexity index is 860. The Kier molecular flexibility index (Phi) is 6.09. The van der Waals surface area contributed by atoms with Gasteiger partial charge < -0.3 is 4.74 Å². The van der Waals surface area contributed by atoms with Gasteiger partial charge in [0.25, 0.3) is 10.0 Å². The Balaban J connectivity index is 2.58. The first kappa shape index (κ1) is 20.4. The molecule has 0 spiro atoms. The zero-order chi connectivity index (χ0) is 19.5. The highest BCUT2D eigenvalue weighted by atomic mass is 35.5. The number of nitrogens with zero attached hydrogens (tertiary/aromatic N) is 3. The molecule has 0 saturated carbocycles. The minimum atomic E-state index is -4.86. The van der Waals surface area contributed by atoms with Gasteiger partial charge in [-0.2, -0.15) is 22.5 Å². The molecular formula is C15H15ClF3N3O3S. The molecule has 11 heteroatoms. The molecule has 0 N–H and O–H groups in total. The zero-order valence-electron chi connectivity index (χ0n) is 13.7. The lowest BCUT2D eigenvalue weighted by Crippen LogP contribution is -2.42. The summed E-state index contributed by atoms with van der Waals surface area (Å²) in [6.45, 7) is 0.869. The number of hydrogen-bond acceptors (Lipinski definition) is 5. The van der Waals surface area contributed by atoms with E-state index in [-0.39, 0.29) is 16.5 Å². The van der Waals surface area contributed by atoms with Gasteiger partial charge in [0, 0.05) is 11.6 Å². The van der Waals surface area contributed by atoms with Gasteiger partial charge in [-0.15, -0.1) is 0 Å². The number of sulfonamides is 1. The highest BCUT2D eigenvalue weighted by molar-refractivity contribution is 7.89. The number of ether oxygens (including phenoxy) is 1. The molecule has 0 radical (unpaired) electrons. The lowest BCUT2D eigenvalue weighted by molar-refractivity contribution is -0.173. The van der Waals surface area contributed by atoms with Crippen molar-refractivity contribution in [3.05, 3.63) is 47.2 Å². The van der Waals surface area contributed by atoms with Crippen LogP contribution in [0.15, 0.2) is 41.7 Å². The first-order valence-corrected chi connectivity index (χ1v) is 9.13. The van der Waals surface area contributed by atoms with Gasteiger partial charge in [-0.05, 0) is 17.7 Å². The van der Waals surface area contributed by atoms with E-state index in [9.17, 15) is 21.6 Å². The summed E-state index contributed by atoms with van der Waals surface area (Å²) in [6.07, 6.45) is -2.84. The Hall–Kier alpha value is -1.91. The number of halogens is 4. The number of hydrogen-bond donors (Lipinski definition) is 0. The molecule has 0 aliphatic heterocycles. The second kappa shape index (κ2) is 7.77. The molecule has 0 bridgehead atoms.